The van der Waals surface area contributed by atoms with Crippen LogP contribution in [0.3, 0.4) is 0 Å². The summed E-state index contributed by atoms with van der Waals surface area (Å²) in [6.45, 7) is 5.63. The normalized spacial score (nSPS) is 10.3. The number of carbonyl (C=O) groups is 1. The number of nitrogens with one attached hydrogen (secondary N) is 1. The second-order valence-electron chi connectivity index (χ2n) is 4.72. The van der Waals surface area contributed by atoms with Crippen LogP contribution >= 0.6 is 0 Å². The van der Waals surface area contributed by atoms with Crippen LogP contribution in [-0.2, 0) is 0 Å². The van der Waals surface area contributed by atoms with E-state index in [1.54, 1.807) is 25.1 Å². The van der Waals surface area contributed by atoms with Crippen LogP contribution in [0, 0.1) is 20.8 Å². The highest BCUT2D eigenvalue weighted by Crippen LogP contribution is 2.24. The van der Waals surface area contributed by atoms with Crippen LogP contribution < -0.4 is 5.32 Å². The lowest BCUT2D eigenvalue weighted by atomic mass is 10.0. The van der Waals surface area contributed by atoms with E-state index < -0.39 is 0 Å². The Morgan fingerprint density at radius 2 is 1.84 bits per heavy atom. The van der Waals surface area contributed by atoms with Gasteiger partial charge in [-0.2, -0.15) is 0 Å². The van der Waals surface area contributed by atoms with Crippen LogP contribution in [-0.4, -0.2) is 11.0 Å². The van der Waals surface area contributed by atoms with E-state index in [4.69, 9.17) is 0 Å². The van der Waals surface area contributed by atoms with E-state index in [1.165, 1.54) is 0 Å². The average molecular weight is 255 g/mol. The van der Waals surface area contributed by atoms with Gasteiger partial charge in [0, 0.05) is 16.8 Å². The molecule has 0 aliphatic heterocycles. The van der Waals surface area contributed by atoms with Gasteiger partial charge in [-0.1, -0.05) is 23.8 Å². The summed E-state index contributed by atoms with van der Waals surface area (Å²) >= 11 is 0. The lowest BCUT2D eigenvalue weighted by Gasteiger charge is -2.11. The summed E-state index contributed by atoms with van der Waals surface area (Å²) in [5, 5.41) is 12.5. The first-order chi connectivity index (χ1) is 8.99. The van der Waals surface area contributed by atoms with Gasteiger partial charge in [0.05, 0.1) is 0 Å². The minimum atomic E-state index is -0.157. The average Bonchev–Trinajstić information content (AvgIpc) is 2.38. The van der Waals surface area contributed by atoms with Crippen molar-refractivity contribution in [2.75, 3.05) is 5.32 Å². The van der Waals surface area contributed by atoms with Crippen molar-refractivity contribution >= 4 is 11.6 Å². The van der Waals surface area contributed by atoms with Crippen molar-refractivity contribution in [3.05, 3.63) is 58.7 Å². The molecular formula is C16H17NO2. The fraction of sp³-hybridized carbons (Fsp3) is 0.188. The topological polar surface area (TPSA) is 49.3 Å². The maximum Gasteiger partial charge on any atom is 0.255 e. The molecule has 0 atom stereocenters. The predicted molar refractivity (Wildman–Crippen MR) is 76.7 cm³/mol. The van der Waals surface area contributed by atoms with Crippen LogP contribution in [0.4, 0.5) is 5.69 Å². The number of phenolic OH excluding ortho intramolecular Hbond substituents is 1. The summed E-state index contributed by atoms with van der Waals surface area (Å²) in [5.41, 5.74) is 3.93. The molecule has 0 fully saturated rings. The Bertz CT molecular complexity index is 633. The minimum absolute atomic E-state index is 0.157. The summed E-state index contributed by atoms with van der Waals surface area (Å²) in [7, 11) is 0. The van der Waals surface area contributed by atoms with Gasteiger partial charge in [-0.25, -0.2) is 0 Å². The highest BCUT2D eigenvalue weighted by Gasteiger charge is 2.11. The lowest BCUT2D eigenvalue weighted by Crippen LogP contribution is -2.14. The number of hydrogen-bond acceptors (Lipinski definition) is 2. The van der Waals surface area contributed by atoms with Gasteiger partial charge in [0.15, 0.2) is 0 Å². The third kappa shape index (κ3) is 2.76. The highest BCUT2D eigenvalue weighted by molar-refractivity contribution is 6.05. The van der Waals surface area contributed by atoms with Crippen LogP contribution in [0.2, 0.25) is 0 Å². The Hall–Kier alpha value is -2.29. The number of amides is 1. The Balaban J connectivity index is 2.31. The second-order valence-corrected chi connectivity index (χ2v) is 4.72. The molecule has 2 N–H and O–H groups in total. The molecule has 3 heteroatoms. The number of benzene rings is 2. The van der Waals surface area contributed by atoms with Crippen molar-refractivity contribution in [3.8, 4) is 5.75 Å². The van der Waals surface area contributed by atoms with Crippen molar-refractivity contribution in [3.63, 3.8) is 0 Å². The molecular weight excluding hydrogens is 238 g/mol. The van der Waals surface area contributed by atoms with Gasteiger partial charge in [0.1, 0.15) is 5.75 Å². The van der Waals surface area contributed by atoms with Crippen molar-refractivity contribution in [1.82, 2.24) is 0 Å². The van der Waals surface area contributed by atoms with Crippen molar-refractivity contribution in [2.24, 2.45) is 0 Å². The van der Waals surface area contributed by atoms with E-state index in [1.807, 2.05) is 32.0 Å². The van der Waals surface area contributed by atoms with Gasteiger partial charge >= 0.3 is 0 Å². The van der Waals surface area contributed by atoms with Gasteiger partial charge in [-0.15, -0.1) is 0 Å². The lowest BCUT2D eigenvalue weighted by molar-refractivity contribution is 0.102. The zero-order valence-corrected chi connectivity index (χ0v) is 11.3. The van der Waals surface area contributed by atoms with Crippen molar-refractivity contribution in [1.29, 1.82) is 0 Å². The summed E-state index contributed by atoms with van der Waals surface area (Å²) in [6, 6.07) is 10.9. The fourth-order valence-corrected chi connectivity index (χ4v) is 1.93. The van der Waals surface area contributed by atoms with Gasteiger partial charge in [-0.3, -0.25) is 4.79 Å². The molecule has 2 aromatic rings. The molecule has 0 spiro atoms. The molecule has 0 heterocycles. The Kier molecular flexibility index (Phi) is 3.56. The summed E-state index contributed by atoms with van der Waals surface area (Å²) in [4.78, 5) is 12.3. The third-order valence-corrected chi connectivity index (χ3v) is 3.19. The molecule has 0 bridgehead atoms. The van der Waals surface area contributed by atoms with Crippen LogP contribution in [0.1, 0.15) is 27.0 Å². The van der Waals surface area contributed by atoms with E-state index >= 15 is 0 Å². The van der Waals surface area contributed by atoms with Crippen LogP contribution in [0.25, 0.3) is 0 Å². The van der Waals surface area contributed by atoms with Crippen LogP contribution in [0.15, 0.2) is 36.4 Å². The fourth-order valence-electron chi connectivity index (χ4n) is 1.93. The van der Waals surface area contributed by atoms with Crippen molar-refractivity contribution in [2.45, 2.75) is 20.8 Å². The number of phenols is 1. The molecule has 98 valence electrons. The predicted octanol–water partition coefficient (Wildman–Crippen LogP) is 3.57. The zero-order valence-electron chi connectivity index (χ0n) is 11.3. The molecule has 0 aliphatic rings. The monoisotopic (exact) mass is 255 g/mol. The molecule has 1 amide bonds. The van der Waals surface area contributed by atoms with E-state index in [9.17, 15) is 9.90 Å². The molecule has 0 saturated carbocycles. The minimum Gasteiger partial charge on any atom is -0.508 e. The van der Waals surface area contributed by atoms with E-state index in [-0.39, 0.29) is 11.7 Å². The Morgan fingerprint density at radius 3 is 2.58 bits per heavy atom. The number of rotatable bonds is 2. The quantitative estimate of drug-likeness (QED) is 0.861. The van der Waals surface area contributed by atoms with E-state index in [2.05, 4.69) is 5.32 Å². The Labute approximate surface area is 112 Å². The zero-order chi connectivity index (χ0) is 14.0. The second kappa shape index (κ2) is 5.14. The SMILES string of the molecule is Cc1ccc(C)c(C(=O)Nc2cccc(O)c2C)c1. The maximum atomic E-state index is 12.3. The number of anilines is 1. The molecule has 2 rings (SSSR count). The smallest absolute Gasteiger partial charge is 0.255 e. The summed E-state index contributed by atoms with van der Waals surface area (Å²) in [5.74, 6) is 0.0219. The van der Waals surface area contributed by atoms with Gasteiger partial charge in [0.25, 0.3) is 5.91 Å². The first-order valence-corrected chi connectivity index (χ1v) is 6.16. The van der Waals surface area contributed by atoms with Gasteiger partial charge in [-0.05, 0) is 44.5 Å². The summed E-state index contributed by atoms with van der Waals surface area (Å²) < 4.78 is 0. The standard InChI is InChI=1S/C16H17NO2/c1-10-7-8-11(2)13(9-10)16(19)17-14-5-4-6-15(18)12(14)3/h4-9,18H,1-3H3,(H,17,19). The van der Waals surface area contributed by atoms with Gasteiger partial charge in [0.2, 0.25) is 0 Å². The van der Waals surface area contributed by atoms with E-state index in [0.717, 1.165) is 11.1 Å². The highest BCUT2D eigenvalue weighted by atomic mass is 16.3. The Morgan fingerprint density at radius 1 is 1.11 bits per heavy atom. The largest absolute Gasteiger partial charge is 0.508 e. The van der Waals surface area contributed by atoms with Crippen molar-refractivity contribution < 1.29 is 9.90 Å². The molecule has 0 radical (unpaired) electrons. The van der Waals surface area contributed by atoms with E-state index in [0.29, 0.717) is 16.8 Å². The molecule has 3 nitrogen and oxygen atoms in total. The first kappa shape index (κ1) is 13.1. The van der Waals surface area contributed by atoms with Gasteiger partial charge < -0.3 is 10.4 Å². The molecule has 0 unspecified atom stereocenters. The number of carbonyl (C=O) groups excluding carboxylic acids is 1. The number of aromatic hydroxyl groups is 1. The molecule has 19 heavy (non-hydrogen) atoms. The number of aryl methyl sites for hydroxylation is 2. The summed E-state index contributed by atoms with van der Waals surface area (Å²) in [6.07, 6.45) is 0. The maximum absolute atomic E-state index is 12.3. The van der Waals surface area contributed by atoms with Crippen LogP contribution in [0.5, 0.6) is 5.75 Å². The molecule has 0 saturated heterocycles. The molecule has 0 aromatic heterocycles. The first-order valence-electron chi connectivity index (χ1n) is 6.16. The third-order valence-electron chi connectivity index (χ3n) is 3.19. The molecule has 2 aromatic carbocycles. The number of hydrogen-bond donors (Lipinski definition) is 2. The molecule has 0 aliphatic carbocycles.